The summed E-state index contributed by atoms with van der Waals surface area (Å²) < 4.78 is 69.8. The second-order valence-electron chi connectivity index (χ2n) is 19.9. The highest BCUT2D eigenvalue weighted by Gasteiger charge is 2.64. The second-order valence-corrected chi connectivity index (χ2v) is 21.7. The number of esters is 1. The molecule has 4 aliphatic heterocycles. The number of hydrogen-bond donors (Lipinski definition) is 5. The van der Waals surface area contributed by atoms with Crippen LogP contribution in [0.5, 0.6) is 11.5 Å². The van der Waals surface area contributed by atoms with E-state index in [4.69, 9.17) is 40.0 Å². The number of fused-ring (bicyclic) bond motifs is 5. The number of anilines is 2. The molecule has 2 fully saturated rings. The van der Waals surface area contributed by atoms with Crippen molar-refractivity contribution in [1.29, 1.82) is 0 Å². The van der Waals surface area contributed by atoms with Crippen LogP contribution in [0.2, 0.25) is 5.02 Å². The van der Waals surface area contributed by atoms with Gasteiger partial charge in [-0.1, -0.05) is 48.7 Å². The number of methoxy groups -OCH3 is 2. The molecule has 0 radical (unpaired) electrons. The summed E-state index contributed by atoms with van der Waals surface area (Å²) in [6.45, 7) is 6.45. The number of benzene rings is 3. The Labute approximate surface area is 467 Å². The van der Waals surface area contributed by atoms with Crippen molar-refractivity contribution in [2.45, 2.75) is 113 Å². The number of aliphatic hydroxyl groups is 1. The fourth-order valence-electron chi connectivity index (χ4n) is 9.60. The summed E-state index contributed by atoms with van der Waals surface area (Å²) in [7, 11) is -0.586. The molecule has 4 unspecified atom stereocenters. The van der Waals surface area contributed by atoms with Crippen molar-refractivity contribution in [2.24, 2.45) is 11.0 Å². The van der Waals surface area contributed by atoms with E-state index in [1.54, 1.807) is 57.2 Å². The second kappa shape index (κ2) is 25.3. The number of allylic oxidation sites excluding steroid dienone is 3. The van der Waals surface area contributed by atoms with E-state index < -0.39 is 117 Å². The van der Waals surface area contributed by atoms with Crippen molar-refractivity contribution in [3.05, 3.63) is 112 Å². The number of amides is 6. The Morgan fingerprint density at radius 1 is 1.00 bits per heavy atom. The summed E-state index contributed by atoms with van der Waals surface area (Å²) in [5, 5.41) is 21.1. The Balaban J connectivity index is 0.997. The first-order chi connectivity index (χ1) is 37.8. The molecular weight excluding hydrogens is 1080 g/mol. The first kappa shape index (κ1) is 60.2. The lowest BCUT2D eigenvalue weighted by atomic mass is 9.83. The van der Waals surface area contributed by atoms with E-state index in [0.717, 1.165) is 28.2 Å². The molecule has 428 valence electrons. The molecule has 25 heteroatoms. The first-order valence-corrected chi connectivity index (χ1v) is 27.3. The topological polar surface area (TPSA) is 308 Å². The minimum Gasteiger partial charge on any atom is -0.495 e. The molecular formula is C55H63ClN6O17S. The van der Waals surface area contributed by atoms with Gasteiger partial charge in [0.25, 0.3) is 27.8 Å². The quantitative estimate of drug-likeness (QED) is 0.0210. The number of epoxide rings is 1. The molecule has 4 heterocycles. The third-order valence-electron chi connectivity index (χ3n) is 14.2. The highest BCUT2D eigenvalue weighted by molar-refractivity contribution is 7.86. The lowest BCUT2D eigenvalue weighted by Gasteiger charge is -2.42. The van der Waals surface area contributed by atoms with Crippen LogP contribution < -0.4 is 30.4 Å². The number of nitrogens with zero attached hydrogens (tertiary/aromatic N) is 3. The Morgan fingerprint density at radius 2 is 1.71 bits per heavy atom. The Hall–Kier alpha value is -7.48. The summed E-state index contributed by atoms with van der Waals surface area (Å²) >= 11 is 6.80. The third kappa shape index (κ3) is 14.5. The van der Waals surface area contributed by atoms with Gasteiger partial charge in [0.15, 0.2) is 12.3 Å². The predicted octanol–water partition coefficient (Wildman–Crippen LogP) is 5.57. The molecule has 7 rings (SSSR count). The van der Waals surface area contributed by atoms with Crippen LogP contribution >= 0.6 is 11.6 Å². The van der Waals surface area contributed by atoms with Gasteiger partial charge in [0, 0.05) is 57.3 Å². The molecule has 3 aromatic carbocycles. The number of nitrogens with one attached hydrogen (secondary N) is 3. The SMILES string of the molecule is COc1cc2cc(c1Cl)N(C)C(=O)C[C@H](OC(=O)COc1ccc(/C(C)=N/NC(=O)c3ccc(NC(=O)CCCCCN4C(=O)C=CC4=O)cc3S(=O)(=O)O)cc1)C1(C)OC1C(C)C1C[C@@](O)(NC(=O)O1)[C@H](OC)/C=C/C=C(\C)C2. The number of hydrazone groups is 1. The van der Waals surface area contributed by atoms with Crippen LogP contribution in [0.25, 0.3) is 0 Å². The number of unbranched alkanes of at least 4 members (excludes halogenated alkanes) is 2. The van der Waals surface area contributed by atoms with Crippen LogP contribution in [0.1, 0.15) is 87.7 Å². The van der Waals surface area contributed by atoms with Crippen LogP contribution in [-0.2, 0) is 59.5 Å². The normalized spacial score (nSPS) is 25.4. The number of hydrogen-bond acceptors (Lipinski definition) is 17. The zero-order valence-electron chi connectivity index (χ0n) is 45.0. The Kier molecular flexibility index (Phi) is 19.0. The van der Waals surface area contributed by atoms with E-state index in [0.29, 0.717) is 42.7 Å². The first-order valence-electron chi connectivity index (χ1n) is 25.4. The Bertz CT molecular complexity index is 3150. The molecule has 4 bridgehead atoms. The van der Waals surface area contributed by atoms with Crippen molar-refractivity contribution in [2.75, 3.05) is 44.6 Å². The van der Waals surface area contributed by atoms with Crippen LogP contribution in [0.4, 0.5) is 16.2 Å². The molecule has 23 nitrogen and oxygen atoms in total. The van der Waals surface area contributed by atoms with Gasteiger partial charge >= 0.3 is 12.1 Å². The lowest BCUT2D eigenvalue weighted by Crippen LogP contribution is -2.63. The summed E-state index contributed by atoms with van der Waals surface area (Å²) in [4.78, 5) is 91.9. The fraction of sp³-hybridized carbons (Fsp3) is 0.418. The minimum absolute atomic E-state index is 0.00596. The Morgan fingerprint density at radius 3 is 2.39 bits per heavy atom. The van der Waals surface area contributed by atoms with E-state index in [1.165, 1.54) is 56.5 Å². The van der Waals surface area contributed by atoms with E-state index in [1.807, 2.05) is 13.0 Å². The van der Waals surface area contributed by atoms with Gasteiger partial charge in [-0.2, -0.15) is 13.5 Å². The van der Waals surface area contributed by atoms with E-state index in [9.17, 15) is 51.6 Å². The number of carbonyl (C=O) groups excluding carboxylic acids is 7. The van der Waals surface area contributed by atoms with Crippen molar-refractivity contribution in [3.63, 3.8) is 0 Å². The monoisotopic (exact) mass is 1150 g/mol. The summed E-state index contributed by atoms with van der Waals surface area (Å²) in [5.41, 5.74) is 1.30. The van der Waals surface area contributed by atoms with Gasteiger partial charge < -0.3 is 43.7 Å². The summed E-state index contributed by atoms with van der Waals surface area (Å²) in [6.07, 6.45) is 4.11. The van der Waals surface area contributed by atoms with E-state index in [2.05, 4.69) is 21.2 Å². The molecule has 6 amide bonds. The summed E-state index contributed by atoms with van der Waals surface area (Å²) in [5.74, 6) is -3.69. The predicted molar refractivity (Wildman–Crippen MR) is 290 cm³/mol. The molecule has 0 aromatic heterocycles. The molecule has 0 saturated carbocycles. The highest BCUT2D eigenvalue weighted by Crippen LogP contribution is 2.49. The highest BCUT2D eigenvalue weighted by atomic mass is 35.5. The smallest absolute Gasteiger partial charge is 0.409 e. The number of alkyl carbamates (subject to hydrolysis) is 1. The molecule has 5 N–H and O–H groups in total. The van der Waals surface area contributed by atoms with E-state index in [-0.39, 0.29) is 41.6 Å². The van der Waals surface area contributed by atoms with Gasteiger partial charge in [0.2, 0.25) is 11.8 Å². The molecule has 4 aliphatic rings. The van der Waals surface area contributed by atoms with Crippen molar-refractivity contribution >= 4 is 80.4 Å². The summed E-state index contributed by atoms with van der Waals surface area (Å²) in [6, 6.07) is 13.0. The van der Waals surface area contributed by atoms with Crippen LogP contribution in [0, 0.1) is 5.92 Å². The van der Waals surface area contributed by atoms with E-state index >= 15 is 0 Å². The zero-order valence-corrected chi connectivity index (χ0v) is 46.6. The number of carbonyl (C=O) groups is 7. The van der Waals surface area contributed by atoms with Gasteiger partial charge in [-0.15, -0.1) is 0 Å². The van der Waals surface area contributed by atoms with Gasteiger partial charge in [-0.05, 0) is 106 Å². The molecule has 2 saturated heterocycles. The maximum absolute atomic E-state index is 14.3. The van der Waals surface area contributed by atoms with Gasteiger partial charge in [-0.3, -0.25) is 38.7 Å². The molecule has 3 aromatic rings. The fourth-order valence-corrected chi connectivity index (χ4v) is 10.6. The van der Waals surface area contributed by atoms with Crippen LogP contribution in [-0.4, -0.2) is 140 Å². The molecule has 7 atom stereocenters. The number of rotatable bonds is 17. The third-order valence-corrected chi connectivity index (χ3v) is 15.4. The maximum atomic E-state index is 14.3. The minimum atomic E-state index is -4.98. The van der Waals surface area contributed by atoms with Gasteiger partial charge in [-0.25, -0.2) is 15.0 Å². The van der Waals surface area contributed by atoms with Crippen molar-refractivity contribution in [1.82, 2.24) is 15.6 Å². The van der Waals surface area contributed by atoms with Crippen LogP contribution in [0.3, 0.4) is 0 Å². The van der Waals surface area contributed by atoms with Gasteiger partial charge in [0.05, 0.1) is 36.6 Å². The number of halogens is 1. The average molecular weight is 1150 g/mol. The van der Waals surface area contributed by atoms with Crippen LogP contribution in [0.15, 0.2) is 101 Å². The standard InChI is InChI=1S/C55H63ClN6O17S/c1-31-12-11-13-43(75-7)55(70)29-41(77-53(69)58-55)32(2)51-54(4,79-51)44(28-48(66)61(5)39-25-34(24-31)26-40(74-6)50(39)56)78-49(67)30-76-37-18-15-35(16-19-37)33(3)59-60-52(68)38-20-17-36(27-42(38)80(71,72)73)57-45(63)14-9-8-10-23-62-46(64)21-22-47(62)65/h11-13,15-22,25-27,32,41,43-44,51,70H,8-10,14,23-24,28-30H2,1-7H3,(H,57,63)(H,58,69)(H,60,68)(H,71,72,73)/b13-11+,31-12+,59-33+/t32?,41?,43-,44+,51?,54?,55+/m1/s1. The maximum Gasteiger partial charge on any atom is 0.409 e. The average Bonchev–Trinajstić information content (AvgIpc) is 4.08. The molecule has 0 spiro atoms. The number of imide groups is 1. The zero-order chi connectivity index (χ0) is 58.3. The molecule has 80 heavy (non-hydrogen) atoms. The van der Waals surface area contributed by atoms with Crippen molar-refractivity contribution < 1.29 is 80.1 Å². The van der Waals surface area contributed by atoms with Crippen molar-refractivity contribution in [3.8, 4) is 11.5 Å². The number of ether oxygens (including phenoxy) is 6. The largest absolute Gasteiger partial charge is 0.495 e. The molecule has 0 aliphatic carbocycles. The lowest BCUT2D eigenvalue weighted by molar-refractivity contribution is -0.156. The van der Waals surface area contributed by atoms with Gasteiger partial charge in [0.1, 0.15) is 45.3 Å².